The molecule has 0 radical (unpaired) electrons. The van der Waals surface area contributed by atoms with Gasteiger partial charge in [-0.2, -0.15) is 4.31 Å². The molecule has 37 heavy (non-hydrogen) atoms. The minimum Gasteiger partial charge on any atom is -0.485 e. The van der Waals surface area contributed by atoms with Crippen LogP contribution < -0.4 is 10.1 Å². The first-order valence-electron chi connectivity index (χ1n) is 11.9. The molecule has 0 bridgehead atoms. The Bertz CT molecular complexity index is 1460. The maximum atomic E-state index is 13.8. The van der Waals surface area contributed by atoms with Crippen molar-refractivity contribution < 1.29 is 17.9 Å². The van der Waals surface area contributed by atoms with Crippen LogP contribution in [-0.2, 0) is 21.4 Å². The zero-order valence-electron chi connectivity index (χ0n) is 20.1. The number of sulfonamides is 1. The lowest BCUT2D eigenvalue weighted by Gasteiger charge is -2.32. The van der Waals surface area contributed by atoms with E-state index in [-0.39, 0.29) is 34.0 Å². The second kappa shape index (κ2) is 10.7. The van der Waals surface area contributed by atoms with E-state index in [1.165, 1.54) is 16.4 Å². The standard InChI is InChI=1S/C24H26BrCl2N5O4S/c1-15-22(25)31-10-3-5-19(23(31)29-15)36-14-16-17(26)6-7-20(21(16)27)37(34,35)32-11-2-4-18(32)24(33)30-12-8-28-9-13-30/h3,5-7,10,18,28H,2,4,8-9,11-14H2,1H3. The lowest BCUT2D eigenvalue weighted by atomic mass is 10.2. The number of rotatable bonds is 6. The Hall–Kier alpha value is -1.89. The van der Waals surface area contributed by atoms with Crippen LogP contribution in [0.5, 0.6) is 5.75 Å². The molecule has 5 rings (SSSR count). The zero-order valence-corrected chi connectivity index (χ0v) is 24.0. The number of ether oxygens (including phenoxy) is 1. The highest BCUT2D eigenvalue weighted by Crippen LogP contribution is 2.36. The topological polar surface area (TPSA) is 96.2 Å². The lowest BCUT2D eigenvalue weighted by Crippen LogP contribution is -2.53. The number of aromatic nitrogens is 2. The Labute approximate surface area is 233 Å². The maximum Gasteiger partial charge on any atom is 0.245 e. The number of nitrogens with zero attached hydrogens (tertiary/aromatic N) is 4. The van der Waals surface area contributed by atoms with Gasteiger partial charge in [-0.15, -0.1) is 0 Å². The summed E-state index contributed by atoms with van der Waals surface area (Å²) < 4.78 is 37.5. The molecule has 1 N–H and O–H groups in total. The predicted octanol–water partition coefficient (Wildman–Crippen LogP) is 3.88. The van der Waals surface area contributed by atoms with Crippen LogP contribution in [-0.4, -0.2) is 71.7 Å². The molecule has 13 heteroatoms. The fraction of sp³-hybridized carbons (Fsp3) is 0.417. The summed E-state index contributed by atoms with van der Waals surface area (Å²) in [6.07, 6.45) is 2.94. The summed E-state index contributed by atoms with van der Waals surface area (Å²) in [4.78, 5) is 19.4. The molecule has 4 heterocycles. The van der Waals surface area contributed by atoms with E-state index in [0.717, 1.165) is 10.3 Å². The highest BCUT2D eigenvalue weighted by atomic mass is 79.9. The van der Waals surface area contributed by atoms with Crippen molar-refractivity contribution in [1.82, 2.24) is 23.9 Å². The van der Waals surface area contributed by atoms with Crippen LogP contribution in [0.2, 0.25) is 10.0 Å². The average molecular weight is 631 g/mol. The summed E-state index contributed by atoms with van der Waals surface area (Å²) in [5.74, 6) is 0.336. The van der Waals surface area contributed by atoms with Gasteiger partial charge in [-0.1, -0.05) is 23.2 Å². The normalized spacial score (nSPS) is 19.0. The smallest absolute Gasteiger partial charge is 0.245 e. The molecule has 1 aromatic carbocycles. The van der Waals surface area contributed by atoms with Gasteiger partial charge in [0.15, 0.2) is 11.4 Å². The summed E-state index contributed by atoms with van der Waals surface area (Å²) in [5, 5.41) is 3.48. The molecule has 0 aliphatic carbocycles. The van der Waals surface area contributed by atoms with E-state index in [4.69, 9.17) is 27.9 Å². The Kier molecular flexibility index (Phi) is 7.72. The van der Waals surface area contributed by atoms with E-state index < -0.39 is 16.1 Å². The highest BCUT2D eigenvalue weighted by molar-refractivity contribution is 9.10. The maximum absolute atomic E-state index is 13.8. The van der Waals surface area contributed by atoms with E-state index in [1.807, 2.05) is 23.6 Å². The molecule has 0 saturated carbocycles. The first-order chi connectivity index (χ1) is 17.7. The summed E-state index contributed by atoms with van der Waals surface area (Å²) in [6, 6.07) is 5.74. The van der Waals surface area contributed by atoms with Gasteiger partial charge in [0, 0.05) is 49.5 Å². The van der Waals surface area contributed by atoms with Gasteiger partial charge in [0.2, 0.25) is 15.9 Å². The first kappa shape index (κ1) is 26.7. The molecule has 2 aromatic heterocycles. The summed E-state index contributed by atoms with van der Waals surface area (Å²) >= 11 is 16.6. The van der Waals surface area contributed by atoms with E-state index in [1.54, 1.807) is 11.0 Å². The van der Waals surface area contributed by atoms with Gasteiger partial charge in [0.1, 0.15) is 22.1 Å². The Morgan fingerprint density at radius 2 is 1.97 bits per heavy atom. The first-order valence-corrected chi connectivity index (χ1v) is 14.9. The van der Waals surface area contributed by atoms with E-state index in [0.29, 0.717) is 56.0 Å². The van der Waals surface area contributed by atoms with Crippen LogP contribution in [0, 0.1) is 6.92 Å². The molecule has 1 unspecified atom stereocenters. The van der Waals surface area contributed by atoms with Crippen molar-refractivity contribution in [3.63, 3.8) is 0 Å². The van der Waals surface area contributed by atoms with Crippen molar-refractivity contribution in [2.45, 2.75) is 37.3 Å². The molecule has 0 spiro atoms. The number of benzene rings is 1. The van der Waals surface area contributed by atoms with Crippen molar-refractivity contribution in [3.05, 3.63) is 56.4 Å². The monoisotopic (exact) mass is 629 g/mol. The van der Waals surface area contributed by atoms with Crippen LogP contribution in [0.1, 0.15) is 24.1 Å². The number of fused-ring (bicyclic) bond motifs is 1. The Balaban J connectivity index is 1.42. The van der Waals surface area contributed by atoms with Gasteiger partial charge < -0.3 is 15.0 Å². The summed E-state index contributed by atoms with van der Waals surface area (Å²) in [7, 11) is -4.06. The van der Waals surface area contributed by atoms with Crippen molar-refractivity contribution in [2.24, 2.45) is 0 Å². The SMILES string of the molecule is Cc1nc2c(OCc3c(Cl)ccc(S(=O)(=O)N4CCCC4C(=O)N4CCNCC4)c3Cl)cccn2c1Br. The zero-order chi connectivity index (χ0) is 26.3. The molecular formula is C24H26BrCl2N5O4S. The van der Waals surface area contributed by atoms with Crippen molar-refractivity contribution in [1.29, 1.82) is 0 Å². The number of hydrogen-bond acceptors (Lipinski definition) is 6. The molecule has 1 amide bonds. The molecule has 3 aromatic rings. The van der Waals surface area contributed by atoms with Gasteiger partial charge in [-0.3, -0.25) is 9.20 Å². The quantitative estimate of drug-likeness (QED) is 0.444. The molecule has 9 nitrogen and oxygen atoms in total. The van der Waals surface area contributed by atoms with Gasteiger partial charge in [-0.05, 0) is 60.0 Å². The average Bonchev–Trinajstić information content (AvgIpc) is 3.50. The molecule has 198 valence electrons. The van der Waals surface area contributed by atoms with Gasteiger partial charge in [0.05, 0.1) is 10.7 Å². The van der Waals surface area contributed by atoms with E-state index in [2.05, 4.69) is 26.2 Å². The fourth-order valence-corrected chi connectivity index (χ4v) is 7.68. The lowest BCUT2D eigenvalue weighted by molar-refractivity contribution is -0.135. The third-order valence-corrected chi connectivity index (χ3v) is 10.5. The summed E-state index contributed by atoms with van der Waals surface area (Å²) in [6.45, 7) is 4.58. The van der Waals surface area contributed by atoms with Crippen LogP contribution in [0.4, 0.5) is 0 Å². The molecule has 2 aliphatic rings. The second-order valence-electron chi connectivity index (χ2n) is 9.03. The minimum absolute atomic E-state index is 0.0135. The van der Waals surface area contributed by atoms with Gasteiger partial charge >= 0.3 is 0 Å². The third kappa shape index (κ3) is 4.97. The number of halogens is 3. The minimum atomic E-state index is -4.06. The predicted molar refractivity (Wildman–Crippen MR) is 145 cm³/mol. The second-order valence-corrected chi connectivity index (χ2v) is 12.4. The number of hydrogen-bond donors (Lipinski definition) is 1. The molecule has 2 saturated heterocycles. The highest BCUT2D eigenvalue weighted by Gasteiger charge is 2.42. The van der Waals surface area contributed by atoms with Gasteiger partial charge in [0.25, 0.3) is 0 Å². The Morgan fingerprint density at radius 3 is 2.73 bits per heavy atom. The number of piperazine rings is 1. The van der Waals surface area contributed by atoms with Crippen molar-refractivity contribution in [3.8, 4) is 5.75 Å². The number of imidazole rings is 1. The van der Waals surface area contributed by atoms with Crippen molar-refractivity contribution >= 4 is 60.7 Å². The number of nitrogens with one attached hydrogen (secondary N) is 1. The number of carbonyl (C=O) groups is 1. The molecule has 2 aliphatic heterocycles. The van der Waals surface area contributed by atoms with E-state index >= 15 is 0 Å². The molecular weight excluding hydrogens is 605 g/mol. The third-order valence-electron chi connectivity index (χ3n) is 6.74. The van der Waals surface area contributed by atoms with Gasteiger partial charge in [-0.25, -0.2) is 13.4 Å². The molecule has 2 fully saturated rings. The van der Waals surface area contributed by atoms with Crippen LogP contribution in [0.3, 0.4) is 0 Å². The van der Waals surface area contributed by atoms with Crippen molar-refractivity contribution in [2.75, 3.05) is 32.7 Å². The Morgan fingerprint density at radius 1 is 1.22 bits per heavy atom. The van der Waals surface area contributed by atoms with Crippen LogP contribution >= 0.6 is 39.1 Å². The number of pyridine rings is 1. The number of aryl methyl sites for hydroxylation is 1. The number of carbonyl (C=O) groups excluding carboxylic acids is 1. The largest absolute Gasteiger partial charge is 0.485 e. The molecule has 1 atom stereocenters. The van der Waals surface area contributed by atoms with Crippen LogP contribution in [0.15, 0.2) is 40.0 Å². The fourth-order valence-electron chi connectivity index (χ4n) is 4.79. The van der Waals surface area contributed by atoms with Crippen LogP contribution in [0.25, 0.3) is 5.65 Å². The summed E-state index contributed by atoms with van der Waals surface area (Å²) in [5.41, 5.74) is 1.75. The van der Waals surface area contributed by atoms with E-state index in [9.17, 15) is 13.2 Å². The number of amides is 1.